The van der Waals surface area contributed by atoms with Crippen LogP contribution in [0.1, 0.15) is 11.6 Å². The maximum atomic E-state index is 11.8. The average Bonchev–Trinajstić information content (AvgIpc) is 2.86. The molecule has 0 saturated carbocycles. The number of methoxy groups -OCH3 is 2. The summed E-state index contributed by atoms with van der Waals surface area (Å²) in [4.78, 5) is 11.8. The Hall–Kier alpha value is -0.850. The minimum absolute atomic E-state index is 0.226. The molecule has 6 heteroatoms. The number of carbonyl (C=O) groups is 1. The van der Waals surface area contributed by atoms with Crippen LogP contribution in [0.4, 0.5) is 0 Å². The zero-order chi connectivity index (χ0) is 14.0. The van der Waals surface area contributed by atoms with Crippen molar-refractivity contribution in [3.05, 3.63) is 38.3 Å². The second kappa shape index (κ2) is 6.07. The van der Waals surface area contributed by atoms with Crippen molar-refractivity contribution in [2.45, 2.75) is 6.04 Å². The SMILES string of the molecule is COC(=O)C1=CCNC1c1cc(Br)cc(Br)c1OC. The van der Waals surface area contributed by atoms with Crippen LogP contribution in [-0.2, 0) is 9.53 Å². The molecule has 2 rings (SSSR count). The van der Waals surface area contributed by atoms with Gasteiger partial charge >= 0.3 is 5.97 Å². The molecule has 1 aromatic carbocycles. The van der Waals surface area contributed by atoms with Gasteiger partial charge in [0.25, 0.3) is 0 Å². The lowest BCUT2D eigenvalue weighted by Crippen LogP contribution is -2.21. The van der Waals surface area contributed by atoms with Crippen LogP contribution in [0.25, 0.3) is 0 Å². The summed E-state index contributed by atoms with van der Waals surface area (Å²) in [7, 11) is 2.99. The van der Waals surface area contributed by atoms with Crippen LogP contribution < -0.4 is 10.1 Å². The largest absolute Gasteiger partial charge is 0.495 e. The van der Waals surface area contributed by atoms with E-state index >= 15 is 0 Å². The molecule has 0 aromatic heterocycles. The van der Waals surface area contributed by atoms with Crippen LogP contribution in [-0.4, -0.2) is 26.7 Å². The van der Waals surface area contributed by atoms with Crippen LogP contribution in [0.5, 0.6) is 5.75 Å². The molecule has 0 bridgehead atoms. The molecule has 1 atom stereocenters. The second-order valence-electron chi connectivity index (χ2n) is 4.00. The lowest BCUT2D eigenvalue weighted by molar-refractivity contribution is -0.136. The molecule has 0 saturated heterocycles. The van der Waals surface area contributed by atoms with Gasteiger partial charge in [0.2, 0.25) is 0 Å². The van der Waals surface area contributed by atoms with Crippen molar-refractivity contribution < 1.29 is 14.3 Å². The van der Waals surface area contributed by atoms with E-state index in [1.165, 1.54) is 7.11 Å². The van der Waals surface area contributed by atoms with Crippen molar-refractivity contribution >= 4 is 37.8 Å². The molecule has 102 valence electrons. The van der Waals surface area contributed by atoms with Gasteiger partial charge in [-0.3, -0.25) is 0 Å². The molecule has 19 heavy (non-hydrogen) atoms. The van der Waals surface area contributed by atoms with Crippen molar-refractivity contribution in [1.29, 1.82) is 0 Å². The molecule has 4 nitrogen and oxygen atoms in total. The summed E-state index contributed by atoms with van der Waals surface area (Å²) >= 11 is 6.91. The Kier molecular flexibility index (Phi) is 4.65. The molecule has 0 radical (unpaired) electrons. The Morgan fingerprint density at radius 2 is 2.11 bits per heavy atom. The fourth-order valence-corrected chi connectivity index (χ4v) is 3.54. The molecule has 1 aliphatic rings. The number of hydrogen-bond donors (Lipinski definition) is 1. The van der Waals surface area contributed by atoms with Crippen molar-refractivity contribution in [3.8, 4) is 5.75 Å². The van der Waals surface area contributed by atoms with Gasteiger partial charge < -0.3 is 14.8 Å². The van der Waals surface area contributed by atoms with E-state index in [1.54, 1.807) is 7.11 Å². The highest BCUT2D eigenvalue weighted by molar-refractivity contribution is 9.11. The predicted octanol–water partition coefficient (Wildman–Crippen LogP) is 2.96. The number of hydrogen-bond acceptors (Lipinski definition) is 4. The summed E-state index contributed by atoms with van der Waals surface area (Å²) in [6.07, 6.45) is 1.84. The first-order valence-corrected chi connectivity index (χ1v) is 7.21. The normalized spacial score (nSPS) is 18.1. The van der Waals surface area contributed by atoms with E-state index in [0.717, 1.165) is 14.5 Å². The van der Waals surface area contributed by atoms with E-state index in [-0.39, 0.29) is 12.0 Å². The second-order valence-corrected chi connectivity index (χ2v) is 5.77. The third-order valence-electron chi connectivity index (χ3n) is 2.93. The van der Waals surface area contributed by atoms with E-state index in [1.807, 2.05) is 18.2 Å². The number of esters is 1. The quantitative estimate of drug-likeness (QED) is 0.806. The molecule has 1 unspecified atom stereocenters. The minimum Gasteiger partial charge on any atom is -0.495 e. The van der Waals surface area contributed by atoms with Gasteiger partial charge in [-0.25, -0.2) is 4.79 Å². The Morgan fingerprint density at radius 1 is 1.37 bits per heavy atom. The minimum atomic E-state index is -0.326. The van der Waals surface area contributed by atoms with Gasteiger partial charge in [0.1, 0.15) is 5.75 Å². The predicted molar refractivity (Wildman–Crippen MR) is 79.2 cm³/mol. The summed E-state index contributed by atoms with van der Waals surface area (Å²) < 4.78 is 12.0. The highest BCUT2D eigenvalue weighted by Crippen LogP contribution is 2.39. The molecule has 0 aliphatic carbocycles. The molecular formula is C13H13Br2NO3. The Balaban J connectivity index is 2.47. The fraction of sp³-hybridized carbons (Fsp3) is 0.308. The summed E-state index contributed by atoms with van der Waals surface area (Å²) in [6.45, 7) is 0.627. The maximum absolute atomic E-state index is 11.8. The molecule has 1 heterocycles. The van der Waals surface area contributed by atoms with Crippen LogP contribution >= 0.6 is 31.9 Å². The summed E-state index contributed by atoms with van der Waals surface area (Å²) in [5, 5.41) is 3.25. The van der Waals surface area contributed by atoms with Crippen molar-refractivity contribution in [2.75, 3.05) is 20.8 Å². The van der Waals surface area contributed by atoms with Crippen molar-refractivity contribution in [3.63, 3.8) is 0 Å². The summed E-state index contributed by atoms with van der Waals surface area (Å²) in [5.74, 6) is 0.380. The standard InChI is InChI=1S/C13H13Br2NO3/c1-18-12-9(5-7(14)6-10(12)15)11-8(3-4-16-11)13(17)19-2/h3,5-6,11,16H,4H2,1-2H3. The number of ether oxygens (including phenoxy) is 2. The fourth-order valence-electron chi connectivity index (χ4n) is 2.12. The van der Waals surface area contributed by atoms with Crippen LogP contribution in [0.2, 0.25) is 0 Å². The molecule has 0 fully saturated rings. The lowest BCUT2D eigenvalue weighted by Gasteiger charge is -2.19. The van der Waals surface area contributed by atoms with Gasteiger partial charge in [-0.15, -0.1) is 0 Å². The highest BCUT2D eigenvalue weighted by Gasteiger charge is 2.30. The van der Waals surface area contributed by atoms with Crippen molar-refractivity contribution in [1.82, 2.24) is 5.32 Å². The smallest absolute Gasteiger partial charge is 0.335 e. The number of halogens is 2. The number of nitrogens with one attached hydrogen (secondary N) is 1. The maximum Gasteiger partial charge on any atom is 0.335 e. The number of carbonyl (C=O) groups excluding carboxylic acids is 1. The third kappa shape index (κ3) is 2.85. The molecule has 0 amide bonds. The third-order valence-corrected chi connectivity index (χ3v) is 3.98. The van der Waals surface area contributed by atoms with Gasteiger partial charge in [-0.2, -0.15) is 0 Å². The molecular weight excluding hydrogens is 378 g/mol. The molecule has 1 aromatic rings. The summed E-state index contributed by atoms with van der Waals surface area (Å²) in [5.41, 5.74) is 1.49. The monoisotopic (exact) mass is 389 g/mol. The Bertz CT molecular complexity index is 543. The van der Waals surface area contributed by atoms with Crippen LogP contribution in [0, 0.1) is 0 Å². The van der Waals surface area contributed by atoms with Gasteiger partial charge in [-0.05, 0) is 28.1 Å². The first-order valence-electron chi connectivity index (χ1n) is 5.63. The van der Waals surface area contributed by atoms with E-state index in [9.17, 15) is 4.79 Å². The number of rotatable bonds is 3. The number of benzene rings is 1. The zero-order valence-electron chi connectivity index (χ0n) is 10.5. The van der Waals surface area contributed by atoms with Gasteiger partial charge in [0.05, 0.1) is 30.3 Å². The zero-order valence-corrected chi connectivity index (χ0v) is 13.7. The molecule has 1 N–H and O–H groups in total. The van der Waals surface area contributed by atoms with Gasteiger partial charge in [0, 0.05) is 16.6 Å². The average molecular weight is 391 g/mol. The van der Waals surface area contributed by atoms with Gasteiger partial charge in [0.15, 0.2) is 0 Å². The summed E-state index contributed by atoms with van der Waals surface area (Å²) in [6, 6.07) is 3.61. The Labute approximate surface area is 128 Å². The van der Waals surface area contributed by atoms with E-state index in [0.29, 0.717) is 17.9 Å². The van der Waals surface area contributed by atoms with E-state index < -0.39 is 0 Å². The highest BCUT2D eigenvalue weighted by atomic mass is 79.9. The van der Waals surface area contributed by atoms with Crippen LogP contribution in [0.3, 0.4) is 0 Å². The van der Waals surface area contributed by atoms with Crippen LogP contribution in [0.15, 0.2) is 32.7 Å². The topological polar surface area (TPSA) is 47.6 Å². The lowest BCUT2D eigenvalue weighted by atomic mass is 10.00. The molecule has 1 aliphatic heterocycles. The first kappa shape index (κ1) is 14.6. The van der Waals surface area contributed by atoms with Crippen molar-refractivity contribution in [2.24, 2.45) is 0 Å². The van der Waals surface area contributed by atoms with E-state index in [4.69, 9.17) is 9.47 Å². The molecule has 0 spiro atoms. The first-order chi connectivity index (χ1) is 9.08. The van der Waals surface area contributed by atoms with Gasteiger partial charge in [-0.1, -0.05) is 22.0 Å². The van der Waals surface area contributed by atoms with E-state index in [2.05, 4.69) is 37.2 Å². The Morgan fingerprint density at radius 3 is 2.74 bits per heavy atom.